The van der Waals surface area contributed by atoms with E-state index in [0.29, 0.717) is 0 Å². The van der Waals surface area contributed by atoms with Crippen molar-refractivity contribution in [2.75, 3.05) is 17.2 Å². The molecule has 1 aromatic carbocycles. The van der Waals surface area contributed by atoms with Gasteiger partial charge in [-0.3, -0.25) is 0 Å². The highest BCUT2D eigenvalue weighted by Crippen LogP contribution is 2.24. The molecule has 0 radical (unpaired) electrons. The van der Waals surface area contributed by atoms with Gasteiger partial charge in [0, 0.05) is 30.2 Å². The molecule has 2 aromatic rings. The van der Waals surface area contributed by atoms with Crippen LogP contribution in [-0.2, 0) is 13.0 Å². The van der Waals surface area contributed by atoms with Gasteiger partial charge in [-0.1, -0.05) is 6.07 Å². The Morgan fingerprint density at radius 2 is 1.79 bits per heavy atom. The standard InChI is InChI=1S/C15H18N4/c1-10-7-11(2)18-15(17-10)19-6-5-12-3-4-14(16)8-13(12)9-19/h3-4,7-8H,5-6,9,16H2,1-2H3. The van der Waals surface area contributed by atoms with Crippen LogP contribution in [0.5, 0.6) is 0 Å². The summed E-state index contributed by atoms with van der Waals surface area (Å²) in [6, 6.07) is 8.16. The van der Waals surface area contributed by atoms with E-state index < -0.39 is 0 Å². The minimum atomic E-state index is 0.821. The highest BCUT2D eigenvalue weighted by Gasteiger charge is 2.18. The molecule has 1 aromatic heterocycles. The van der Waals surface area contributed by atoms with Crippen molar-refractivity contribution in [1.82, 2.24) is 9.97 Å². The van der Waals surface area contributed by atoms with Gasteiger partial charge in [0.2, 0.25) is 5.95 Å². The Labute approximate surface area is 113 Å². The monoisotopic (exact) mass is 254 g/mol. The average molecular weight is 254 g/mol. The summed E-state index contributed by atoms with van der Waals surface area (Å²) in [4.78, 5) is 11.3. The zero-order chi connectivity index (χ0) is 13.4. The number of hydrogen-bond donors (Lipinski definition) is 1. The highest BCUT2D eigenvalue weighted by molar-refractivity contribution is 5.48. The smallest absolute Gasteiger partial charge is 0.226 e. The van der Waals surface area contributed by atoms with E-state index in [-0.39, 0.29) is 0 Å². The second-order valence-electron chi connectivity index (χ2n) is 5.15. The number of fused-ring (bicyclic) bond motifs is 1. The molecule has 0 saturated heterocycles. The maximum atomic E-state index is 5.86. The van der Waals surface area contributed by atoms with E-state index in [1.165, 1.54) is 11.1 Å². The molecule has 19 heavy (non-hydrogen) atoms. The molecule has 0 saturated carbocycles. The summed E-state index contributed by atoms with van der Waals surface area (Å²) < 4.78 is 0. The van der Waals surface area contributed by atoms with E-state index in [2.05, 4.69) is 27.0 Å². The number of nitrogen functional groups attached to an aromatic ring is 1. The highest BCUT2D eigenvalue weighted by atomic mass is 15.3. The first-order valence-electron chi connectivity index (χ1n) is 6.56. The molecule has 0 atom stereocenters. The summed E-state index contributed by atoms with van der Waals surface area (Å²) in [5.74, 6) is 0.825. The van der Waals surface area contributed by atoms with Crippen LogP contribution in [0.2, 0.25) is 0 Å². The third-order valence-electron chi connectivity index (χ3n) is 3.50. The maximum absolute atomic E-state index is 5.86. The van der Waals surface area contributed by atoms with E-state index in [9.17, 15) is 0 Å². The zero-order valence-corrected chi connectivity index (χ0v) is 11.3. The topological polar surface area (TPSA) is 55.0 Å². The Balaban J connectivity index is 1.92. The second kappa shape index (κ2) is 4.53. The predicted molar refractivity (Wildman–Crippen MR) is 77.1 cm³/mol. The molecule has 0 spiro atoms. The predicted octanol–water partition coefficient (Wildman–Crippen LogP) is 2.24. The normalized spacial score (nSPS) is 14.3. The fourth-order valence-electron chi connectivity index (χ4n) is 2.60. The largest absolute Gasteiger partial charge is 0.399 e. The first-order valence-corrected chi connectivity index (χ1v) is 6.56. The van der Waals surface area contributed by atoms with Crippen molar-refractivity contribution in [1.29, 1.82) is 0 Å². The average Bonchev–Trinajstić information content (AvgIpc) is 2.36. The molecule has 0 aliphatic carbocycles. The minimum absolute atomic E-state index is 0.821. The molecule has 0 fully saturated rings. The Morgan fingerprint density at radius 3 is 2.53 bits per heavy atom. The first kappa shape index (κ1) is 12.0. The van der Waals surface area contributed by atoms with Gasteiger partial charge < -0.3 is 10.6 Å². The van der Waals surface area contributed by atoms with Crippen LogP contribution in [-0.4, -0.2) is 16.5 Å². The van der Waals surface area contributed by atoms with Gasteiger partial charge in [-0.25, -0.2) is 9.97 Å². The molecule has 2 N–H and O–H groups in total. The summed E-state index contributed by atoms with van der Waals surface area (Å²) in [5, 5.41) is 0. The number of rotatable bonds is 1. The third-order valence-corrected chi connectivity index (χ3v) is 3.50. The molecule has 0 bridgehead atoms. The first-order chi connectivity index (χ1) is 9.11. The van der Waals surface area contributed by atoms with Gasteiger partial charge in [-0.05, 0) is 49.6 Å². The van der Waals surface area contributed by atoms with Gasteiger partial charge in [0.25, 0.3) is 0 Å². The van der Waals surface area contributed by atoms with Crippen molar-refractivity contribution in [3.8, 4) is 0 Å². The summed E-state index contributed by atoms with van der Waals surface area (Å²) >= 11 is 0. The summed E-state index contributed by atoms with van der Waals surface area (Å²) in [7, 11) is 0. The molecular weight excluding hydrogens is 236 g/mol. The van der Waals surface area contributed by atoms with Gasteiger partial charge in [-0.15, -0.1) is 0 Å². The van der Waals surface area contributed by atoms with Crippen molar-refractivity contribution in [2.24, 2.45) is 0 Å². The molecule has 3 rings (SSSR count). The van der Waals surface area contributed by atoms with Crippen LogP contribution in [0.1, 0.15) is 22.5 Å². The van der Waals surface area contributed by atoms with E-state index in [1.807, 2.05) is 26.0 Å². The summed E-state index contributed by atoms with van der Waals surface area (Å²) in [6.07, 6.45) is 1.02. The van der Waals surface area contributed by atoms with E-state index in [1.54, 1.807) is 0 Å². The van der Waals surface area contributed by atoms with Crippen molar-refractivity contribution >= 4 is 11.6 Å². The minimum Gasteiger partial charge on any atom is -0.399 e. The number of nitrogens with zero attached hydrogens (tertiary/aromatic N) is 3. The van der Waals surface area contributed by atoms with Crippen LogP contribution in [0.4, 0.5) is 11.6 Å². The van der Waals surface area contributed by atoms with Crippen molar-refractivity contribution < 1.29 is 0 Å². The molecule has 1 aliphatic rings. The van der Waals surface area contributed by atoms with Crippen molar-refractivity contribution in [3.05, 3.63) is 46.8 Å². The fourth-order valence-corrected chi connectivity index (χ4v) is 2.60. The molecule has 4 nitrogen and oxygen atoms in total. The molecule has 98 valence electrons. The Morgan fingerprint density at radius 1 is 1.05 bits per heavy atom. The number of hydrogen-bond acceptors (Lipinski definition) is 4. The number of aryl methyl sites for hydroxylation is 2. The number of benzene rings is 1. The van der Waals surface area contributed by atoms with Gasteiger partial charge >= 0.3 is 0 Å². The van der Waals surface area contributed by atoms with Crippen LogP contribution in [0.3, 0.4) is 0 Å². The van der Waals surface area contributed by atoms with Crippen LogP contribution in [0, 0.1) is 13.8 Å². The van der Waals surface area contributed by atoms with Crippen LogP contribution in [0.15, 0.2) is 24.3 Å². The number of anilines is 2. The van der Waals surface area contributed by atoms with E-state index in [4.69, 9.17) is 5.73 Å². The van der Waals surface area contributed by atoms with Gasteiger partial charge in [0.1, 0.15) is 0 Å². The Bertz CT molecular complexity index is 601. The Kier molecular flexibility index (Phi) is 2.85. The molecule has 2 heterocycles. The van der Waals surface area contributed by atoms with Gasteiger partial charge in [-0.2, -0.15) is 0 Å². The van der Waals surface area contributed by atoms with Gasteiger partial charge in [0.15, 0.2) is 0 Å². The lowest BCUT2D eigenvalue weighted by molar-refractivity contribution is 0.704. The lowest BCUT2D eigenvalue weighted by Crippen LogP contribution is -2.32. The molecule has 0 unspecified atom stereocenters. The second-order valence-corrected chi connectivity index (χ2v) is 5.15. The molecule has 0 amide bonds. The van der Waals surface area contributed by atoms with Crippen molar-refractivity contribution in [3.63, 3.8) is 0 Å². The lowest BCUT2D eigenvalue weighted by Gasteiger charge is -2.29. The Hall–Kier alpha value is -2.10. The third kappa shape index (κ3) is 2.38. The lowest BCUT2D eigenvalue weighted by atomic mass is 9.99. The SMILES string of the molecule is Cc1cc(C)nc(N2CCc3ccc(N)cc3C2)n1. The summed E-state index contributed by atoms with van der Waals surface area (Å²) in [6.45, 7) is 5.81. The van der Waals surface area contributed by atoms with E-state index >= 15 is 0 Å². The fraction of sp³-hybridized carbons (Fsp3) is 0.333. The van der Waals surface area contributed by atoms with Crippen LogP contribution >= 0.6 is 0 Å². The number of nitrogens with two attached hydrogens (primary N) is 1. The molecule has 4 heteroatoms. The number of aromatic nitrogens is 2. The molecule has 1 aliphatic heterocycles. The molecular formula is C15H18N4. The quantitative estimate of drug-likeness (QED) is 0.793. The van der Waals surface area contributed by atoms with E-state index in [0.717, 1.165) is 42.5 Å². The van der Waals surface area contributed by atoms with Gasteiger partial charge in [0.05, 0.1) is 0 Å². The van der Waals surface area contributed by atoms with Crippen LogP contribution < -0.4 is 10.6 Å². The zero-order valence-electron chi connectivity index (χ0n) is 11.3. The van der Waals surface area contributed by atoms with Crippen LogP contribution in [0.25, 0.3) is 0 Å². The maximum Gasteiger partial charge on any atom is 0.226 e. The summed E-state index contributed by atoms with van der Waals surface area (Å²) in [5.41, 5.74) is 11.4. The van der Waals surface area contributed by atoms with Crippen molar-refractivity contribution in [2.45, 2.75) is 26.8 Å².